The molecule has 6 aromatic carbocycles. The van der Waals surface area contributed by atoms with E-state index in [1.807, 2.05) is 72.8 Å². The van der Waals surface area contributed by atoms with E-state index in [1.54, 1.807) is 6.07 Å². The van der Waals surface area contributed by atoms with Crippen LogP contribution in [0.5, 0.6) is 0 Å². The number of benzene rings is 6. The lowest BCUT2D eigenvalue weighted by molar-refractivity contribution is 0.425. The van der Waals surface area contributed by atoms with Crippen LogP contribution in [0.4, 0.5) is 0 Å². The number of fused-ring (bicyclic) bond motifs is 8. The quantitative estimate of drug-likeness (QED) is 0.103. The van der Waals surface area contributed by atoms with Gasteiger partial charge < -0.3 is 10.0 Å². The molecule has 0 unspecified atom stereocenters. The molecule has 2 aliphatic rings. The maximum absolute atomic E-state index is 9.30. The van der Waals surface area contributed by atoms with E-state index in [0.29, 0.717) is 10.6 Å². The molecule has 0 spiro atoms. The first-order valence-electron chi connectivity index (χ1n) is 18.2. The largest absolute Gasteiger partial charge is 0.488 e. The lowest BCUT2D eigenvalue weighted by Gasteiger charge is -2.22. The Balaban J connectivity index is 0.000000128. The van der Waals surface area contributed by atoms with E-state index >= 15 is 0 Å². The molecule has 0 saturated heterocycles. The maximum atomic E-state index is 9.30. The molecule has 0 bridgehead atoms. The summed E-state index contributed by atoms with van der Waals surface area (Å²) in [6.45, 7) is 8.91. The Bertz CT molecular complexity index is 2810. The van der Waals surface area contributed by atoms with Gasteiger partial charge in [-0.2, -0.15) is 0 Å². The topological polar surface area (TPSA) is 92.0 Å². The van der Waals surface area contributed by atoms with E-state index < -0.39 is 7.12 Å². The summed E-state index contributed by atoms with van der Waals surface area (Å²) in [4.78, 5) is 16.7. The molecule has 0 atom stereocenters. The second kappa shape index (κ2) is 14.7. The minimum atomic E-state index is -1.41. The molecule has 8 aromatic rings. The Labute approximate surface area is 341 Å². The number of hydrogen-bond acceptors (Lipinski definition) is 6. The van der Waals surface area contributed by atoms with Crippen LogP contribution in [0.25, 0.3) is 55.3 Å². The van der Waals surface area contributed by atoms with Crippen LogP contribution in [0.2, 0.25) is 15.7 Å². The summed E-state index contributed by atoms with van der Waals surface area (Å²) < 4.78 is 0. The molecule has 2 aliphatic carbocycles. The van der Waals surface area contributed by atoms with Crippen LogP contribution in [0, 0.1) is 0 Å². The number of aromatic nitrogens is 4. The van der Waals surface area contributed by atoms with Crippen molar-refractivity contribution in [3.8, 4) is 33.5 Å². The average Bonchev–Trinajstić information content (AvgIpc) is 3.57. The van der Waals surface area contributed by atoms with E-state index in [1.165, 1.54) is 38.9 Å². The van der Waals surface area contributed by atoms with E-state index in [4.69, 9.17) is 34.8 Å². The third-order valence-electron chi connectivity index (χ3n) is 10.9. The molecular weight excluding hydrogens is 758 g/mol. The van der Waals surface area contributed by atoms with Gasteiger partial charge in [-0.15, -0.1) is 0 Å². The summed E-state index contributed by atoms with van der Waals surface area (Å²) in [7, 11) is -1.41. The van der Waals surface area contributed by atoms with Crippen LogP contribution in [-0.4, -0.2) is 37.1 Å². The third kappa shape index (κ3) is 6.74. The van der Waals surface area contributed by atoms with E-state index in [9.17, 15) is 10.0 Å². The van der Waals surface area contributed by atoms with Crippen molar-refractivity contribution in [2.45, 2.75) is 38.5 Å². The van der Waals surface area contributed by atoms with Gasteiger partial charge in [-0.1, -0.05) is 148 Å². The number of hydrogen-bond donors (Lipinski definition) is 2. The fraction of sp³-hybridized carbons (Fsp3) is 0.130. The molecule has 0 fully saturated rings. The zero-order valence-corrected chi connectivity index (χ0v) is 33.4. The molecule has 10 heteroatoms. The summed E-state index contributed by atoms with van der Waals surface area (Å²) in [5.74, 6) is 0. The van der Waals surface area contributed by atoms with Gasteiger partial charge in [0.05, 0.1) is 16.7 Å². The van der Waals surface area contributed by atoms with E-state index in [-0.39, 0.29) is 21.4 Å². The average molecular weight is 794 g/mol. The minimum Gasteiger partial charge on any atom is -0.423 e. The lowest BCUT2D eigenvalue weighted by atomic mass is 9.75. The zero-order chi connectivity index (χ0) is 39.4. The highest BCUT2D eigenvalue weighted by molar-refractivity contribution is 6.58. The maximum Gasteiger partial charge on any atom is 0.488 e. The Morgan fingerprint density at radius 1 is 0.464 bits per heavy atom. The Morgan fingerprint density at radius 3 is 1.54 bits per heavy atom. The van der Waals surface area contributed by atoms with Crippen molar-refractivity contribution in [2.24, 2.45) is 0 Å². The molecule has 2 N–H and O–H groups in total. The van der Waals surface area contributed by atoms with Gasteiger partial charge >= 0.3 is 7.12 Å². The third-order valence-corrected chi connectivity index (χ3v) is 11.5. The van der Waals surface area contributed by atoms with E-state index in [2.05, 4.69) is 102 Å². The van der Waals surface area contributed by atoms with Crippen LogP contribution < -0.4 is 5.46 Å². The highest BCUT2D eigenvalue weighted by atomic mass is 35.5. The van der Waals surface area contributed by atoms with Crippen LogP contribution >= 0.6 is 34.8 Å². The van der Waals surface area contributed by atoms with Gasteiger partial charge in [0.2, 0.25) is 10.6 Å². The highest BCUT2D eigenvalue weighted by Gasteiger charge is 2.36. The number of halogens is 3. The summed E-state index contributed by atoms with van der Waals surface area (Å²) in [6.07, 6.45) is 0. The Kier molecular flexibility index (Phi) is 9.94. The SMILES string of the molecule is CC1(C)c2ccccc2-c2ccc(-c3nc(Cl)nc4ccccc34)cc21.CC1(C)c2ccccc2-c2ccc(B(O)O)cc21.Clc1nc(Cl)c2ccccc2n1. The first kappa shape index (κ1) is 37.8. The second-order valence-corrected chi connectivity index (χ2v) is 16.0. The summed E-state index contributed by atoms with van der Waals surface area (Å²) in [6, 6.07) is 44.8. The summed E-state index contributed by atoms with van der Waals surface area (Å²) >= 11 is 17.6. The van der Waals surface area contributed by atoms with Crippen LogP contribution in [0.15, 0.2) is 133 Å². The predicted molar refractivity (Wildman–Crippen MR) is 231 cm³/mol. The van der Waals surface area contributed by atoms with Gasteiger partial charge in [-0.05, 0) is 97.4 Å². The number of nitrogens with zero attached hydrogens (tertiary/aromatic N) is 4. The van der Waals surface area contributed by atoms with Crippen LogP contribution in [0.3, 0.4) is 0 Å². The van der Waals surface area contributed by atoms with Crippen LogP contribution in [0.1, 0.15) is 49.9 Å². The van der Waals surface area contributed by atoms with Gasteiger partial charge in [0.25, 0.3) is 0 Å². The molecule has 6 nitrogen and oxygen atoms in total. The van der Waals surface area contributed by atoms with Crippen molar-refractivity contribution in [3.63, 3.8) is 0 Å². The van der Waals surface area contributed by atoms with Gasteiger partial charge in [-0.3, -0.25) is 0 Å². The van der Waals surface area contributed by atoms with Gasteiger partial charge in [0, 0.05) is 27.2 Å². The second-order valence-electron chi connectivity index (χ2n) is 14.9. The molecule has 10 rings (SSSR count). The smallest absolute Gasteiger partial charge is 0.423 e. The molecular formula is C46H36BCl3N4O2. The predicted octanol–water partition coefficient (Wildman–Crippen LogP) is 10.9. The van der Waals surface area contributed by atoms with E-state index in [0.717, 1.165) is 38.6 Å². The molecule has 0 amide bonds. The van der Waals surface area contributed by atoms with Crippen molar-refractivity contribution in [3.05, 3.63) is 171 Å². The van der Waals surface area contributed by atoms with Crippen molar-refractivity contribution < 1.29 is 10.0 Å². The first-order valence-corrected chi connectivity index (χ1v) is 19.3. The Morgan fingerprint density at radius 2 is 0.929 bits per heavy atom. The van der Waals surface area contributed by atoms with Gasteiger partial charge in [-0.25, -0.2) is 19.9 Å². The summed E-state index contributed by atoms with van der Waals surface area (Å²) in [5.41, 5.74) is 14.3. The summed E-state index contributed by atoms with van der Waals surface area (Å²) in [5, 5.41) is 21.3. The van der Waals surface area contributed by atoms with Crippen molar-refractivity contribution >= 4 is 69.2 Å². The number of rotatable bonds is 2. The molecule has 0 radical (unpaired) electrons. The van der Waals surface area contributed by atoms with Crippen molar-refractivity contribution in [1.82, 2.24) is 19.9 Å². The van der Waals surface area contributed by atoms with Gasteiger partial charge in [0.1, 0.15) is 5.15 Å². The standard InChI is InChI=1S/C23H17ClN2.C15H15BO2.C8H4Cl2N2/c1-23(2)18-9-5-3-7-15(18)16-12-11-14(13-19(16)23)21-17-8-4-6-10-20(17)25-22(24)26-21;1-15(2)13-6-4-3-5-11(13)12-8-7-10(16(17)18)9-14(12)15;9-7-5-3-1-2-4-6(5)11-8(10)12-7/h3-13H,1-2H3;3-9,17-18H,1-2H3;1-4H. The molecule has 56 heavy (non-hydrogen) atoms. The monoisotopic (exact) mass is 792 g/mol. The fourth-order valence-electron chi connectivity index (χ4n) is 8.01. The van der Waals surface area contributed by atoms with Crippen molar-refractivity contribution in [2.75, 3.05) is 0 Å². The zero-order valence-electron chi connectivity index (χ0n) is 31.1. The normalized spacial score (nSPS) is 13.7. The molecule has 0 aliphatic heterocycles. The lowest BCUT2D eigenvalue weighted by Crippen LogP contribution is -2.31. The highest BCUT2D eigenvalue weighted by Crippen LogP contribution is 2.50. The minimum absolute atomic E-state index is 0.0332. The molecule has 276 valence electrons. The molecule has 0 saturated carbocycles. The van der Waals surface area contributed by atoms with Crippen LogP contribution in [-0.2, 0) is 10.8 Å². The van der Waals surface area contributed by atoms with Gasteiger partial charge in [0.15, 0.2) is 0 Å². The van der Waals surface area contributed by atoms with Crippen molar-refractivity contribution in [1.29, 1.82) is 0 Å². The fourth-order valence-corrected chi connectivity index (χ4v) is 8.65. The first-order chi connectivity index (χ1) is 26.8. The number of para-hydroxylation sites is 2. The Hall–Kier alpha value is -5.15. The molecule has 2 aromatic heterocycles. The molecule has 2 heterocycles.